The quantitative estimate of drug-likeness (QED) is 0.887. The summed E-state index contributed by atoms with van der Waals surface area (Å²) in [6, 6.07) is 3.67. The molecule has 2 N–H and O–H groups in total. The molecule has 2 unspecified atom stereocenters. The summed E-state index contributed by atoms with van der Waals surface area (Å²) >= 11 is 0. The van der Waals surface area contributed by atoms with Gasteiger partial charge in [0.1, 0.15) is 17.7 Å². The average molecular weight is 308 g/mol. The van der Waals surface area contributed by atoms with Crippen LogP contribution in [0.5, 0.6) is 0 Å². The van der Waals surface area contributed by atoms with Crippen molar-refractivity contribution in [2.75, 3.05) is 0 Å². The molecule has 0 spiro atoms. The van der Waals surface area contributed by atoms with Gasteiger partial charge in [0, 0.05) is 12.3 Å². The third kappa shape index (κ3) is 3.09. The van der Waals surface area contributed by atoms with Crippen molar-refractivity contribution in [3.8, 4) is 6.07 Å². The van der Waals surface area contributed by atoms with E-state index in [9.17, 15) is 4.79 Å². The second-order valence-corrected chi connectivity index (χ2v) is 5.41. The van der Waals surface area contributed by atoms with Crippen LogP contribution in [0.3, 0.4) is 0 Å². The fraction of sp³-hybridized carbons (Fsp3) is 0.235. The number of oxazole rings is 1. The summed E-state index contributed by atoms with van der Waals surface area (Å²) in [5, 5.41) is 13.6. The second kappa shape index (κ2) is 5.97. The van der Waals surface area contributed by atoms with Crippen LogP contribution in [0.2, 0.25) is 0 Å². The Morgan fingerprint density at radius 3 is 3.09 bits per heavy atom. The van der Waals surface area contributed by atoms with E-state index in [4.69, 9.17) is 9.68 Å². The van der Waals surface area contributed by atoms with Gasteiger partial charge in [-0.2, -0.15) is 5.26 Å². The molecule has 6 nitrogen and oxygen atoms in total. The maximum absolute atomic E-state index is 12.4. The molecule has 0 bridgehead atoms. The SMILES string of the molecule is Cc1nc(C(C)NC(=O)c2cc3c([nH]2)=CC=CC(C#N)C=3)co1. The van der Waals surface area contributed by atoms with Crippen LogP contribution in [0.4, 0.5) is 0 Å². The van der Waals surface area contributed by atoms with Crippen molar-refractivity contribution in [2.24, 2.45) is 5.92 Å². The summed E-state index contributed by atoms with van der Waals surface area (Å²) in [6.45, 7) is 3.60. The van der Waals surface area contributed by atoms with Crippen LogP contribution in [-0.2, 0) is 0 Å². The van der Waals surface area contributed by atoms with Crippen LogP contribution < -0.4 is 15.9 Å². The van der Waals surface area contributed by atoms with E-state index in [2.05, 4.69) is 21.4 Å². The van der Waals surface area contributed by atoms with Gasteiger partial charge in [-0.05, 0) is 24.3 Å². The highest BCUT2D eigenvalue weighted by atomic mass is 16.3. The predicted molar refractivity (Wildman–Crippen MR) is 84.3 cm³/mol. The second-order valence-electron chi connectivity index (χ2n) is 5.41. The topological polar surface area (TPSA) is 94.7 Å². The lowest BCUT2D eigenvalue weighted by Gasteiger charge is -2.09. The molecular weight excluding hydrogens is 292 g/mol. The van der Waals surface area contributed by atoms with E-state index in [1.54, 1.807) is 13.0 Å². The van der Waals surface area contributed by atoms with Crippen molar-refractivity contribution < 1.29 is 9.21 Å². The van der Waals surface area contributed by atoms with E-state index >= 15 is 0 Å². The first-order chi connectivity index (χ1) is 11.1. The van der Waals surface area contributed by atoms with Gasteiger partial charge in [0.05, 0.1) is 18.0 Å². The Bertz CT molecular complexity index is 927. The lowest BCUT2D eigenvalue weighted by atomic mass is 10.1. The molecule has 2 atom stereocenters. The summed E-state index contributed by atoms with van der Waals surface area (Å²) < 4.78 is 5.16. The maximum atomic E-state index is 12.4. The largest absolute Gasteiger partial charge is 0.449 e. The van der Waals surface area contributed by atoms with Crippen molar-refractivity contribution in [1.82, 2.24) is 15.3 Å². The Balaban J connectivity index is 1.83. The number of rotatable bonds is 3. The van der Waals surface area contributed by atoms with Crippen LogP contribution in [0.15, 0.2) is 28.9 Å². The van der Waals surface area contributed by atoms with Crippen molar-refractivity contribution in [2.45, 2.75) is 19.9 Å². The molecule has 0 aliphatic heterocycles. The van der Waals surface area contributed by atoms with E-state index in [0.29, 0.717) is 17.3 Å². The number of aromatic amines is 1. The standard InChI is InChI=1S/C17H16N4O2/c1-10(16-9-23-11(2)20-16)19-17(22)15-7-13-6-12(8-18)4-3-5-14(13)21-15/h3-7,9-10,12,21H,1-2H3,(H,19,22). The van der Waals surface area contributed by atoms with E-state index in [-0.39, 0.29) is 17.9 Å². The number of nitrogens with zero attached hydrogens (tertiary/aromatic N) is 2. The third-order valence-corrected chi connectivity index (χ3v) is 3.64. The number of fused-ring (bicyclic) bond motifs is 1. The Labute approximate surface area is 132 Å². The van der Waals surface area contributed by atoms with E-state index < -0.39 is 0 Å². The number of nitriles is 1. The minimum absolute atomic E-state index is 0.231. The van der Waals surface area contributed by atoms with Gasteiger partial charge < -0.3 is 14.7 Å². The number of amides is 1. The van der Waals surface area contributed by atoms with Gasteiger partial charge >= 0.3 is 0 Å². The van der Waals surface area contributed by atoms with E-state index in [1.807, 2.05) is 31.2 Å². The summed E-state index contributed by atoms with van der Waals surface area (Å²) in [5.74, 6) is 0.0352. The van der Waals surface area contributed by atoms with Crippen molar-refractivity contribution in [3.63, 3.8) is 0 Å². The smallest absolute Gasteiger partial charge is 0.268 e. The number of H-pyrrole nitrogens is 1. The Hall–Kier alpha value is -3.07. The summed E-state index contributed by atoms with van der Waals surface area (Å²) in [4.78, 5) is 19.7. The third-order valence-electron chi connectivity index (χ3n) is 3.64. The number of allylic oxidation sites excluding steroid dienone is 2. The molecule has 1 aliphatic carbocycles. The number of hydrogen-bond acceptors (Lipinski definition) is 4. The highest BCUT2D eigenvalue weighted by molar-refractivity contribution is 5.92. The lowest BCUT2D eigenvalue weighted by Crippen LogP contribution is -2.27. The molecule has 0 saturated heterocycles. The van der Waals surface area contributed by atoms with Crippen molar-refractivity contribution in [1.29, 1.82) is 5.26 Å². The number of aryl methyl sites for hydroxylation is 1. The first-order valence-corrected chi connectivity index (χ1v) is 7.28. The minimum atomic E-state index is -0.295. The Morgan fingerprint density at radius 2 is 2.39 bits per heavy atom. The van der Waals surface area contributed by atoms with Crippen molar-refractivity contribution in [3.05, 3.63) is 52.3 Å². The maximum Gasteiger partial charge on any atom is 0.268 e. The molecule has 0 aromatic carbocycles. The van der Waals surface area contributed by atoms with Crippen LogP contribution in [0, 0.1) is 24.2 Å². The zero-order valence-electron chi connectivity index (χ0n) is 12.8. The number of carbonyl (C=O) groups is 1. The minimum Gasteiger partial charge on any atom is -0.449 e. The lowest BCUT2D eigenvalue weighted by molar-refractivity contribution is 0.0934. The van der Waals surface area contributed by atoms with Crippen molar-refractivity contribution >= 4 is 18.1 Å². The fourth-order valence-corrected chi connectivity index (χ4v) is 2.41. The summed E-state index contributed by atoms with van der Waals surface area (Å²) in [6.07, 6.45) is 8.84. The number of nitrogens with one attached hydrogen (secondary N) is 2. The van der Waals surface area contributed by atoms with Crippen LogP contribution in [0.1, 0.15) is 35.0 Å². The molecule has 0 radical (unpaired) electrons. The van der Waals surface area contributed by atoms with Crippen LogP contribution >= 0.6 is 0 Å². The molecule has 23 heavy (non-hydrogen) atoms. The number of carbonyl (C=O) groups excluding carboxylic acids is 1. The first-order valence-electron chi connectivity index (χ1n) is 7.28. The normalized spacial score (nSPS) is 17.2. The first kappa shape index (κ1) is 14.9. The number of aromatic nitrogens is 2. The van der Waals surface area contributed by atoms with Gasteiger partial charge in [-0.1, -0.05) is 18.2 Å². The van der Waals surface area contributed by atoms with Gasteiger partial charge in [0.25, 0.3) is 5.91 Å². The van der Waals surface area contributed by atoms with Gasteiger partial charge in [-0.15, -0.1) is 0 Å². The average Bonchev–Trinajstić information content (AvgIpc) is 3.08. The molecule has 0 fully saturated rings. The Kier molecular flexibility index (Phi) is 3.85. The zero-order chi connectivity index (χ0) is 16.4. The molecule has 1 amide bonds. The summed E-state index contributed by atoms with van der Waals surface area (Å²) in [7, 11) is 0. The van der Waals surface area contributed by atoms with E-state index in [0.717, 1.165) is 10.6 Å². The van der Waals surface area contributed by atoms with E-state index in [1.165, 1.54) is 6.26 Å². The molecule has 2 aromatic heterocycles. The Morgan fingerprint density at radius 1 is 1.57 bits per heavy atom. The van der Waals surface area contributed by atoms with Crippen LogP contribution in [-0.4, -0.2) is 15.9 Å². The molecule has 2 aromatic rings. The van der Waals surface area contributed by atoms with Gasteiger partial charge in [0.15, 0.2) is 5.89 Å². The monoisotopic (exact) mass is 308 g/mol. The molecule has 6 heteroatoms. The molecule has 1 aliphatic rings. The van der Waals surface area contributed by atoms with Gasteiger partial charge in [-0.25, -0.2) is 4.98 Å². The molecular formula is C17H16N4O2. The van der Waals surface area contributed by atoms with Gasteiger partial charge in [0.2, 0.25) is 0 Å². The molecule has 0 saturated carbocycles. The number of hydrogen-bond donors (Lipinski definition) is 2. The molecule has 3 rings (SSSR count). The van der Waals surface area contributed by atoms with Gasteiger partial charge in [-0.3, -0.25) is 4.79 Å². The van der Waals surface area contributed by atoms with Crippen LogP contribution in [0.25, 0.3) is 12.2 Å². The molecule has 2 heterocycles. The fourth-order valence-electron chi connectivity index (χ4n) is 2.41. The highest BCUT2D eigenvalue weighted by Crippen LogP contribution is 2.11. The highest BCUT2D eigenvalue weighted by Gasteiger charge is 2.16. The molecule has 116 valence electrons. The summed E-state index contributed by atoms with van der Waals surface area (Å²) in [5.41, 5.74) is 1.12. The predicted octanol–water partition coefficient (Wildman–Crippen LogP) is 1.07. The zero-order valence-corrected chi connectivity index (χ0v) is 12.8.